The summed E-state index contributed by atoms with van der Waals surface area (Å²) in [4.78, 5) is 8.36. The Labute approximate surface area is 95.8 Å². The summed E-state index contributed by atoms with van der Waals surface area (Å²) >= 11 is 0. The lowest BCUT2D eigenvalue weighted by Gasteiger charge is -2.36. The summed E-state index contributed by atoms with van der Waals surface area (Å²) in [5.74, 6) is 1.70. The molecule has 1 unspecified atom stereocenters. The fourth-order valence-corrected chi connectivity index (χ4v) is 2.42. The van der Waals surface area contributed by atoms with E-state index in [4.69, 9.17) is 11.5 Å². The SMILES string of the molecule is CNN1C(C2CCCCC2)=NC(N)=NC1N. The molecule has 0 bridgehead atoms. The highest BCUT2D eigenvalue weighted by molar-refractivity contribution is 5.98. The molecule has 5 N–H and O–H groups in total. The number of amidine groups is 1. The van der Waals surface area contributed by atoms with E-state index in [1.54, 1.807) is 0 Å². The molecule has 0 radical (unpaired) electrons. The number of guanidine groups is 1. The van der Waals surface area contributed by atoms with Crippen LogP contribution in [0.1, 0.15) is 32.1 Å². The third-order valence-electron chi connectivity index (χ3n) is 3.22. The maximum Gasteiger partial charge on any atom is 0.220 e. The van der Waals surface area contributed by atoms with Gasteiger partial charge in [-0.3, -0.25) is 10.7 Å². The zero-order chi connectivity index (χ0) is 11.5. The molecule has 0 aromatic heterocycles. The molecular formula is C10H20N6. The Morgan fingerprint density at radius 1 is 1.31 bits per heavy atom. The predicted octanol–water partition coefficient (Wildman–Crippen LogP) is -0.0278. The minimum atomic E-state index is -0.459. The lowest BCUT2D eigenvalue weighted by atomic mass is 9.88. The van der Waals surface area contributed by atoms with Gasteiger partial charge in [-0.15, -0.1) is 0 Å². The molecule has 6 nitrogen and oxygen atoms in total. The van der Waals surface area contributed by atoms with Crippen LogP contribution in [0.4, 0.5) is 0 Å². The highest BCUT2D eigenvalue weighted by Gasteiger charge is 2.29. The summed E-state index contributed by atoms with van der Waals surface area (Å²) in [6.07, 6.45) is 5.70. The van der Waals surface area contributed by atoms with Crippen molar-refractivity contribution in [2.45, 2.75) is 38.4 Å². The van der Waals surface area contributed by atoms with Gasteiger partial charge in [0, 0.05) is 13.0 Å². The van der Waals surface area contributed by atoms with Crippen LogP contribution in [-0.4, -0.2) is 30.1 Å². The van der Waals surface area contributed by atoms with Crippen LogP contribution in [-0.2, 0) is 0 Å². The number of hydrogen-bond acceptors (Lipinski definition) is 6. The average molecular weight is 224 g/mol. The van der Waals surface area contributed by atoms with Crippen LogP contribution < -0.4 is 16.9 Å². The average Bonchev–Trinajstić information content (AvgIpc) is 2.29. The van der Waals surface area contributed by atoms with E-state index in [9.17, 15) is 0 Å². The molecule has 1 atom stereocenters. The Bertz CT molecular complexity index is 304. The maximum absolute atomic E-state index is 5.89. The van der Waals surface area contributed by atoms with Crippen molar-refractivity contribution in [3.8, 4) is 0 Å². The van der Waals surface area contributed by atoms with Crippen molar-refractivity contribution < 1.29 is 0 Å². The van der Waals surface area contributed by atoms with E-state index in [1.807, 2.05) is 12.1 Å². The largest absolute Gasteiger partial charge is 0.368 e. The molecule has 2 aliphatic rings. The van der Waals surface area contributed by atoms with E-state index in [0.717, 1.165) is 18.7 Å². The molecule has 1 aliphatic carbocycles. The first-order chi connectivity index (χ1) is 7.72. The molecule has 0 aromatic rings. The summed E-state index contributed by atoms with van der Waals surface area (Å²) in [5, 5.41) is 1.81. The molecular weight excluding hydrogens is 204 g/mol. The highest BCUT2D eigenvalue weighted by atomic mass is 15.6. The van der Waals surface area contributed by atoms with Gasteiger partial charge in [0.15, 0.2) is 6.29 Å². The van der Waals surface area contributed by atoms with Crippen LogP contribution in [0, 0.1) is 5.92 Å². The summed E-state index contributed by atoms with van der Waals surface area (Å²) in [6.45, 7) is 0. The van der Waals surface area contributed by atoms with E-state index in [-0.39, 0.29) is 0 Å². The Morgan fingerprint density at radius 2 is 2.00 bits per heavy atom. The van der Waals surface area contributed by atoms with Crippen molar-refractivity contribution in [3.05, 3.63) is 0 Å². The van der Waals surface area contributed by atoms with Crippen molar-refractivity contribution in [1.82, 2.24) is 10.4 Å². The van der Waals surface area contributed by atoms with Crippen molar-refractivity contribution in [2.24, 2.45) is 27.4 Å². The first-order valence-corrected chi connectivity index (χ1v) is 5.86. The molecule has 1 heterocycles. The lowest BCUT2D eigenvalue weighted by Crippen LogP contribution is -2.56. The first-order valence-electron chi connectivity index (χ1n) is 5.86. The van der Waals surface area contributed by atoms with Crippen LogP contribution in [0.3, 0.4) is 0 Å². The van der Waals surface area contributed by atoms with E-state index in [2.05, 4.69) is 15.4 Å². The van der Waals surface area contributed by atoms with Gasteiger partial charge in [0.2, 0.25) is 5.96 Å². The Morgan fingerprint density at radius 3 is 2.62 bits per heavy atom. The second-order valence-electron chi connectivity index (χ2n) is 4.30. The Balaban J connectivity index is 2.18. The molecule has 1 fully saturated rings. The second-order valence-corrected chi connectivity index (χ2v) is 4.30. The minimum Gasteiger partial charge on any atom is -0.368 e. The van der Waals surface area contributed by atoms with Crippen molar-refractivity contribution >= 4 is 11.8 Å². The number of aliphatic imine (C=N–C) groups is 2. The molecule has 0 aromatic carbocycles. The molecule has 0 spiro atoms. The fourth-order valence-electron chi connectivity index (χ4n) is 2.42. The molecule has 0 amide bonds. The molecule has 90 valence electrons. The van der Waals surface area contributed by atoms with Crippen molar-refractivity contribution in [2.75, 3.05) is 7.05 Å². The zero-order valence-electron chi connectivity index (χ0n) is 9.69. The molecule has 6 heteroatoms. The van der Waals surface area contributed by atoms with Gasteiger partial charge in [-0.05, 0) is 12.8 Å². The van der Waals surface area contributed by atoms with Gasteiger partial charge in [0.05, 0.1) is 0 Å². The predicted molar refractivity (Wildman–Crippen MR) is 64.5 cm³/mol. The van der Waals surface area contributed by atoms with E-state index < -0.39 is 6.29 Å². The minimum absolute atomic E-state index is 0.291. The monoisotopic (exact) mass is 224 g/mol. The molecule has 16 heavy (non-hydrogen) atoms. The number of nitrogens with one attached hydrogen (secondary N) is 1. The van der Waals surface area contributed by atoms with Gasteiger partial charge in [-0.25, -0.2) is 10.4 Å². The summed E-state index contributed by atoms with van der Waals surface area (Å²) in [6, 6.07) is 0. The van der Waals surface area contributed by atoms with Crippen LogP contribution in [0.15, 0.2) is 9.98 Å². The first kappa shape index (κ1) is 11.3. The second kappa shape index (κ2) is 4.80. The van der Waals surface area contributed by atoms with Gasteiger partial charge in [0.1, 0.15) is 5.84 Å². The van der Waals surface area contributed by atoms with Gasteiger partial charge >= 0.3 is 0 Å². The normalized spacial score (nSPS) is 27.6. The summed E-state index contributed by atoms with van der Waals surface area (Å²) in [5.41, 5.74) is 14.6. The van der Waals surface area contributed by atoms with Gasteiger partial charge in [-0.2, -0.15) is 4.99 Å². The van der Waals surface area contributed by atoms with Crippen LogP contribution in [0.2, 0.25) is 0 Å². The molecule has 2 rings (SSSR count). The standard InChI is InChI=1S/C10H20N6/c1-13-16-8(7-5-3-2-4-6-7)14-9(11)15-10(16)12/h7,10,13H,2-6,12H2,1H3,(H2,11,15). The molecule has 1 aliphatic heterocycles. The van der Waals surface area contributed by atoms with Gasteiger partial charge < -0.3 is 5.73 Å². The third-order valence-corrected chi connectivity index (χ3v) is 3.22. The van der Waals surface area contributed by atoms with Crippen LogP contribution >= 0.6 is 0 Å². The van der Waals surface area contributed by atoms with Gasteiger partial charge in [0.25, 0.3) is 0 Å². The number of nitrogens with two attached hydrogens (primary N) is 2. The fraction of sp³-hybridized carbons (Fsp3) is 0.800. The quantitative estimate of drug-likeness (QED) is 0.614. The highest BCUT2D eigenvalue weighted by Crippen LogP contribution is 2.26. The molecule has 1 saturated carbocycles. The van der Waals surface area contributed by atoms with Crippen molar-refractivity contribution in [3.63, 3.8) is 0 Å². The Kier molecular flexibility index (Phi) is 3.40. The van der Waals surface area contributed by atoms with Gasteiger partial charge in [-0.1, -0.05) is 19.3 Å². The third kappa shape index (κ3) is 2.17. The van der Waals surface area contributed by atoms with Crippen molar-refractivity contribution in [1.29, 1.82) is 0 Å². The maximum atomic E-state index is 5.89. The van der Waals surface area contributed by atoms with Crippen LogP contribution in [0.25, 0.3) is 0 Å². The topological polar surface area (TPSA) is 92.0 Å². The zero-order valence-corrected chi connectivity index (χ0v) is 9.69. The number of hydrazine groups is 1. The number of rotatable bonds is 2. The lowest BCUT2D eigenvalue weighted by molar-refractivity contribution is 0.233. The molecule has 0 saturated heterocycles. The summed E-state index contributed by atoms with van der Waals surface area (Å²) in [7, 11) is 1.83. The van der Waals surface area contributed by atoms with E-state index in [1.165, 1.54) is 19.3 Å². The Hall–Kier alpha value is -1.14. The van der Waals surface area contributed by atoms with Crippen LogP contribution in [0.5, 0.6) is 0 Å². The number of hydrogen-bond donors (Lipinski definition) is 3. The smallest absolute Gasteiger partial charge is 0.220 e. The number of nitrogens with zero attached hydrogens (tertiary/aromatic N) is 3. The summed E-state index contributed by atoms with van der Waals surface area (Å²) < 4.78 is 0. The van der Waals surface area contributed by atoms with E-state index in [0.29, 0.717) is 11.9 Å². The van der Waals surface area contributed by atoms with E-state index >= 15 is 0 Å².